The van der Waals surface area contributed by atoms with Crippen LogP contribution in [-0.2, 0) is 9.47 Å². The third-order valence-electron chi connectivity index (χ3n) is 3.00. The normalized spacial score (nSPS) is 19.7. The fraction of sp³-hybridized carbons (Fsp3) is 1.00. The van der Waals surface area contributed by atoms with Crippen molar-refractivity contribution in [3.8, 4) is 0 Å². The minimum Gasteiger partial charge on any atom is -0.380 e. The summed E-state index contributed by atoms with van der Waals surface area (Å²) in [5.41, 5.74) is 0. The molecule has 0 amide bonds. The second kappa shape index (κ2) is 8.04. The number of hydrogen-bond donors (Lipinski definition) is 1. The molecule has 0 heterocycles. The maximum atomic E-state index is 5.88. The van der Waals surface area contributed by atoms with Crippen molar-refractivity contribution in [2.75, 3.05) is 26.4 Å². The van der Waals surface area contributed by atoms with Gasteiger partial charge < -0.3 is 14.8 Å². The zero-order valence-electron chi connectivity index (χ0n) is 11.0. The topological polar surface area (TPSA) is 30.5 Å². The highest BCUT2D eigenvalue weighted by atomic mass is 16.5. The molecule has 16 heavy (non-hydrogen) atoms. The van der Waals surface area contributed by atoms with Gasteiger partial charge in [-0.3, -0.25) is 0 Å². The van der Waals surface area contributed by atoms with Crippen molar-refractivity contribution in [1.29, 1.82) is 0 Å². The molecule has 0 radical (unpaired) electrons. The van der Waals surface area contributed by atoms with Gasteiger partial charge in [0.2, 0.25) is 0 Å². The lowest BCUT2D eigenvalue weighted by Gasteiger charge is -2.27. The summed E-state index contributed by atoms with van der Waals surface area (Å²) in [5, 5.41) is 3.56. The molecular formula is C13H27NO2. The van der Waals surface area contributed by atoms with E-state index in [4.69, 9.17) is 9.47 Å². The zero-order valence-corrected chi connectivity index (χ0v) is 11.0. The van der Waals surface area contributed by atoms with E-state index in [1.807, 2.05) is 6.92 Å². The minimum absolute atomic E-state index is 0.350. The first kappa shape index (κ1) is 13.9. The van der Waals surface area contributed by atoms with Gasteiger partial charge in [0.1, 0.15) is 0 Å². The van der Waals surface area contributed by atoms with Crippen LogP contribution >= 0.6 is 0 Å². The average Bonchev–Trinajstić information content (AvgIpc) is 3.11. The number of ether oxygens (including phenoxy) is 2. The smallest absolute Gasteiger partial charge is 0.0778 e. The molecule has 1 saturated carbocycles. The first-order valence-electron chi connectivity index (χ1n) is 6.76. The molecule has 1 aliphatic rings. The Balaban J connectivity index is 2.41. The van der Waals surface area contributed by atoms with Gasteiger partial charge in [-0.15, -0.1) is 0 Å². The van der Waals surface area contributed by atoms with Gasteiger partial charge in [0, 0.05) is 13.2 Å². The highest BCUT2D eigenvalue weighted by Gasteiger charge is 2.37. The Morgan fingerprint density at radius 1 is 1.19 bits per heavy atom. The molecule has 2 atom stereocenters. The monoisotopic (exact) mass is 229 g/mol. The van der Waals surface area contributed by atoms with Crippen LogP contribution in [0.5, 0.6) is 0 Å². The van der Waals surface area contributed by atoms with Gasteiger partial charge in [-0.1, -0.05) is 6.92 Å². The summed E-state index contributed by atoms with van der Waals surface area (Å²) < 4.78 is 11.4. The summed E-state index contributed by atoms with van der Waals surface area (Å²) in [5.74, 6) is 0.759. The van der Waals surface area contributed by atoms with E-state index in [1.165, 1.54) is 12.8 Å². The summed E-state index contributed by atoms with van der Waals surface area (Å²) in [6, 6.07) is 0.368. The van der Waals surface area contributed by atoms with E-state index in [9.17, 15) is 0 Å². The summed E-state index contributed by atoms with van der Waals surface area (Å²) >= 11 is 0. The van der Waals surface area contributed by atoms with Gasteiger partial charge in [-0.05, 0) is 45.6 Å². The maximum absolute atomic E-state index is 5.88. The molecule has 0 aliphatic heterocycles. The summed E-state index contributed by atoms with van der Waals surface area (Å²) in [6.45, 7) is 9.73. The fourth-order valence-corrected chi connectivity index (χ4v) is 2.04. The van der Waals surface area contributed by atoms with E-state index in [-0.39, 0.29) is 0 Å². The SMILES string of the molecule is CCCNC(COCC)C(OCC)C1CC1. The standard InChI is InChI=1S/C13H27NO2/c1-4-9-14-12(10-15-5-2)13(16-6-3)11-7-8-11/h11-14H,4-10H2,1-3H3. The Labute approximate surface area is 99.9 Å². The van der Waals surface area contributed by atoms with Crippen molar-refractivity contribution in [2.24, 2.45) is 5.92 Å². The molecule has 0 saturated heterocycles. The van der Waals surface area contributed by atoms with Crippen molar-refractivity contribution in [3.63, 3.8) is 0 Å². The summed E-state index contributed by atoms with van der Waals surface area (Å²) in [6.07, 6.45) is 4.15. The Kier molecular flexibility index (Phi) is 7.01. The van der Waals surface area contributed by atoms with Crippen LogP contribution in [0.3, 0.4) is 0 Å². The van der Waals surface area contributed by atoms with Gasteiger partial charge in [0.25, 0.3) is 0 Å². The zero-order chi connectivity index (χ0) is 11.8. The van der Waals surface area contributed by atoms with Crippen LogP contribution in [-0.4, -0.2) is 38.5 Å². The van der Waals surface area contributed by atoms with Gasteiger partial charge >= 0.3 is 0 Å². The van der Waals surface area contributed by atoms with Crippen molar-refractivity contribution < 1.29 is 9.47 Å². The largest absolute Gasteiger partial charge is 0.380 e. The van der Waals surface area contributed by atoms with Gasteiger partial charge in [0.05, 0.1) is 18.8 Å². The second-order valence-electron chi connectivity index (χ2n) is 4.48. The Hall–Kier alpha value is -0.120. The molecule has 1 aliphatic carbocycles. The molecule has 96 valence electrons. The third kappa shape index (κ3) is 4.81. The van der Waals surface area contributed by atoms with Crippen molar-refractivity contribution >= 4 is 0 Å². The number of nitrogens with one attached hydrogen (secondary N) is 1. The van der Waals surface area contributed by atoms with Crippen molar-refractivity contribution in [1.82, 2.24) is 5.32 Å². The molecular weight excluding hydrogens is 202 g/mol. The highest BCUT2D eigenvalue weighted by molar-refractivity contribution is 4.90. The van der Waals surface area contributed by atoms with Crippen LogP contribution in [0.1, 0.15) is 40.0 Å². The molecule has 1 rings (SSSR count). The summed E-state index contributed by atoms with van der Waals surface area (Å²) in [7, 11) is 0. The fourth-order valence-electron chi connectivity index (χ4n) is 2.04. The second-order valence-corrected chi connectivity index (χ2v) is 4.48. The lowest BCUT2D eigenvalue weighted by molar-refractivity contribution is -0.00946. The molecule has 0 bridgehead atoms. The molecule has 0 aromatic carbocycles. The van der Waals surface area contributed by atoms with Crippen LogP contribution in [0.2, 0.25) is 0 Å². The molecule has 2 unspecified atom stereocenters. The van der Waals surface area contributed by atoms with Crippen LogP contribution in [0, 0.1) is 5.92 Å². The van der Waals surface area contributed by atoms with Gasteiger partial charge in [-0.25, -0.2) is 0 Å². The van der Waals surface area contributed by atoms with Crippen LogP contribution < -0.4 is 5.32 Å². The van der Waals surface area contributed by atoms with E-state index in [2.05, 4.69) is 19.2 Å². The minimum atomic E-state index is 0.350. The van der Waals surface area contributed by atoms with Gasteiger partial charge in [0.15, 0.2) is 0 Å². The predicted octanol–water partition coefficient (Wildman–Crippen LogP) is 2.21. The molecule has 0 aromatic rings. The predicted molar refractivity (Wildman–Crippen MR) is 66.7 cm³/mol. The van der Waals surface area contributed by atoms with E-state index < -0.39 is 0 Å². The van der Waals surface area contributed by atoms with Crippen molar-refractivity contribution in [2.45, 2.75) is 52.2 Å². The first-order valence-corrected chi connectivity index (χ1v) is 6.76. The molecule has 3 heteroatoms. The average molecular weight is 229 g/mol. The Morgan fingerprint density at radius 2 is 1.94 bits per heavy atom. The number of hydrogen-bond acceptors (Lipinski definition) is 3. The van der Waals surface area contributed by atoms with Crippen LogP contribution in [0.4, 0.5) is 0 Å². The maximum Gasteiger partial charge on any atom is 0.0778 e. The van der Waals surface area contributed by atoms with Crippen molar-refractivity contribution in [3.05, 3.63) is 0 Å². The first-order chi connectivity index (χ1) is 7.83. The van der Waals surface area contributed by atoms with E-state index >= 15 is 0 Å². The van der Waals surface area contributed by atoms with Gasteiger partial charge in [-0.2, -0.15) is 0 Å². The molecule has 0 spiro atoms. The molecule has 3 nitrogen and oxygen atoms in total. The Bertz CT molecular complexity index is 163. The number of rotatable bonds is 10. The van der Waals surface area contributed by atoms with Crippen LogP contribution in [0.15, 0.2) is 0 Å². The lowest BCUT2D eigenvalue weighted by Crippen LogP contribution is -2.46. The quantitative estimate of drug-likeness (QED) is 0.623. The molecule has 0 aromatic heterocycles. The summed E-state index contributed by atoms with van der Waals surface area (Å²) in [4.78, 5) is 0. The van der Waals surface area contributed by atoms with Crippen LogP contribution in [0.25, 0.3) is 0 Å². The van der Waals surface area contributed by atoms with E-state index in [0.29, 0.717) is 12.1 Å². The highest BCUT2D eigenvalue weighted by Crippen LogP contribution is 2.36. The van der Waals surface area contributed by atoms with E-state index in [0.717, 1.165) is 38.7 Å². The molecule has 1 N–H and O–H groups in total. The Morgan fingerprint density at radius 3 is 2.44 bits per heavy atom. The third-order valence-corrected chi connectivity index (χ3v) is 3.00. The molecule has 1 fully saturated rings. The van der Waals surface area contributed by atoms with E-state index in [1.54, 1.807) is 0 Å². The lowest BCUT2D eigenvalue weighted by atomic mass is 10.1.